The SMILES string of the molecule is Cc1ccc(CC(=O)NC(C)CCl)cc1C. The van der Waals surface area contributed by atoms with E-state index in [0.29, 0.717) is 12.3 Å². The lowest BCUT2D eigenvalue weighted by molar-refractivity contribution is -0.120. The Balaban J connectivity index is 2.59. The highest BCUT2D eigenvalue weighted by Gasteiger charge is 2.07. The first-order valence-electron chi connectivity index (χ1n) is 5.44. The Labute approximate surface area is 102 Å². The van der Waals surface area contributed by atoms with Gasteiger partial charge in [-0.05, 0) is 37.5 Å². The zero-order valence-corrected chi connectivity index (χ0v) is 10.8. The van der Waals surface area contributed by atoms with Crippen molar-refractivity contribution in [1.29, 1.82) is 0 Å². The Morgan fingerprint density at radius 2 is 2.06 bits per heavy atom. The molecule has 88 valence electrons. The largest absolute Gasteiger partial charge is 0.352 e. The van der Waals surface area contributed by atoms with Gasteiger partial charge in [-0.3, -0.25) is 4.79 Å². The summed E-state index contributed by atoms with van der Waals surface area (Å²) in [4.78, 5) is 11.6. The number of hydrogen-bond donors (Lipinski definition) is 1. The van der Waals surface area contributed by atoms with Crippen LogP contribution in [0.25, 0.3) is 0 Å². The maximum Gasteiger partial charge on any atom is 0.224 e. The van der Waals surface area contributed by atoms with E-state index in [4.69, 9.17) is 11.6 Å². The van der Waals surface area contributed by atoms with Crippen molar-refractivity contribution in [1.82, 2.24) is 5.32 Å². The highest BCUT2D eigenvalue weighted by Crippen LogP contribution is 2.10. The lowest BCUT2D eigenvalue weighted by Crippen LogP contribution is -2.34. The summed E-state index contributed by atoms with van der Waals surface area (Å²) in [6, 6.07) is 6.12. The molecule has 1 atom stereocenters. The molecule has 1 amide bonds. The molecule has 0 radical (unpaired) electrons. The molecule has 0 fully saturated rings. The van der Waals surface area contributed by atoms with E-state index in [1.165, 1.54) is 11.1 Å². The first-order chi connectivity index (χ1) is 7.52. The van der Waals surface area contributed by atoms with Crippen molar-refractivity contribution in [2.75, 3.05) is 5.88 Å². The van der Waals surface area contributed by atoms with E-state index in [-0.39, 0.29) is 11.9 Å². The van der Waals surface area contributed by atoms with E-state index in [9.17, 15) is 4.79 Å². The van der Waals surface area contributed by atoms with Crippen LogP contribution in [0, 0.1) is 13.8 Å². The number of hydrogen-bond acceptors (Lipinski definition) is 1. The number of alkyl halides is 1. The van der Waals surface area contributed by atoms with Gasteiger partial charge in [0.15, 0.2) is 0 Å². The van der Waals surface area contributed by atoms with Gasteiger partial charge in [0.05, 0.1) is 6.42 Å². The number of carbonyl (C=O) groups excluding carboxylic acids is 1. The van der Waals surface area contributed by atoms with Gasteiger partial charge in [-0.1, -0.05) is 18.2 Å². The summed E-state index contributed by atoms with van der Waals surface area (Å²) in [7, 11) is 0. The summed E-state index contributed by atoms with van der Waals surface area (Å²) in [6.45, 7) is 6.01. The van der Waals surface area contributed by atoms with E-state index < -0.39 is 0 Å². The summed E-state index contributed by atoms with van der Waals surface area (Å²) in [5.41, 5.74) is 3.51. The highest BCUT2D eigenvalue weighted by molar-refractivity contribution is 6.18. The fraction of sp³-hybridized carbons (Fsp3) is 0.462. The lowest BCUT2D eigenvalue weighted by atomic mass is 10.0. The van der Waals surface area contributed by atoms with E-state index in [2.05, 4.69) is 25.2 Å². The molecular weight excluding hydrogens is 222 g/mol. The molecule has 0 saturated heterocycles. The minimum Gasteiger partial charge on any atom is -0.352 e. The zero-order valence-electron chi connectivity index (χ0n) is 10.0. The van der Waals surface area contributed by atoms with Gasteiger partial charge in [0.25, 0.3) is 0 Å². The summed E-state index contributed by atoms with van der Waals surface area (Å²) in [5, 5.41) is 2.84. The summed E-state index contributed by atoms with van der Waals surface area (Å²) in [5.74, 6) is 0.468. The topological polar surface area (TPSA) is 29.1 Å². The van der Waals surface area contributed by atoms with Gasteiger partial charge in [-0.2, -0.15) is 0 Å². The smallest absolute Gasteiger partial charge is 0.224 e. The Morgan fingerprint density at radius 1 is 1.38 bits per heavy atom. The first-order valence-corrected chi connectivity index (χ1v) is 5.98. The molecule has 1 aromatic carbocycles. The maximum absolute atomic E-state index is 11.6. The van der Waals surface area contributed by atoms with Gasteiger partial charge in [0, 0.05) is 11.9 Å². The second-order valence-corrected chi connectivity index (χ2v) is 4.53. The average Bonchev–Trinajstić information content (AvgIpc) is 2.23. The van der Waals surface area contributed by atoms with Crippen LogP contribution in [0.5, 0.6) is 0 Å². The Morgan fingerprint density at radius 3 is 2.62 bits per heavy atom. The van der Waals surface area contributed by atoms with Crippen LogP contribution >= 0.6 is 11.6 Å². The van der Waals surface area contributed by atoms with Gasteiger partial charge in [-0.15, -0.1) is 11.6 Å². The van der Waals surface area contributed by atoms with E-state index in [1.54, 1.807) is 0 Å². The van der Waals surface area contributed by atoms with Crippen LogP contribution in [0.1, 0.15) is 23.6 Å². The van der Waals surface area contributed by atoms with Gasteiger partial charge in [-0.25, -0.2) is 0 Å². The predicted octanol–water partition coefficient (Wildman–Crippen LogP) is 2.59. The van der Waals surface area contributed by atoms with Crippen molar-refractivity contribution in [3.8, 4) is 0 Å². The Hall–Kier alpha value is -1.02. The third-order valence-electron chi connectivity index (χ3n) is 2.57. The van der Waals surface area contributed by atoms with Crippen molar-refractivity contribution in [2.45, 2.75) is 33.2 Å². The van der Waals surface area contributed by atoms with Crippen molar-refractivity contribution in [2.24, 2.45) is 0 Å². The second kappa shape index (κ2) is 5.90. The molecule has 0 aliphatic heterocycles. The maximum atomic E-state index is 11.6. The molecule has 0 aromatic heterocycles. The molecule has 3 heteroatoms. The molecule has 1 N–H and O–H groups in total. The van der Waals surface area contributed by atoms with E-state index >= 15 is 0 Å². The third-order valence-corrected chi connectivity index (χ3v) is 3.04. The molecule has 1 aromatic rings. The van der Waals surface area contributed by atoms with Gasteiger partial charge >= 0.3 is 0 Å². The number of carbonyl (C=O) groups is 1. The number of rotatable bonds is 4. The molecule has 0 saturated carbocycles. The monoisotopic (exact) mass is 239 g/mol. The quantitative estimate of drug-likeness (QED) is 0.804. The van der Waals surface area contributed by atoms with Crippen LogP contribution in [0.2, 0.25) is 0 Å². The number of benzene rings is 1. The van der Waals surface area contributed by atoms with Crippen LogP contribution in [-0.2, 0) is 11.2 Å². The van der Waals surface area contributed by atoms with Crippen LogP contribution in [0.4, 0.5) is 0 Å². The molecule has 1 rings (SSSR count). The fourth-order valence-corrected chi connectivity index (χ4v) is 1.54. The standard InChI is InChI=1S/C13H18ClNO/c1-9-4-5-12(6-10(9)2)7-13(16)15-11(3)8-14/h4-6,11H,7-8H2,1-3H3,(H,15,16). The third kappa shape index (κ3) is 3.86. The predicted molar refractivity (Wildman–Crippen MR) is 67.9 cm³/mol. The lowest BCUT2D eigenvalue weighted by Gasteiger charge is -2.11. The van der Waals surface area contributed by atoms with Crippen molar-refractivity contribution in [3.63, 3.8) is 0 Å². The van der Waals surface area contributed by atoms with E-state index in [0.717, 1.165) is 5.56 Å². The molecular formula is C13H18ClNO. The summed E-state index contributed by atoms with van der Waals surface area (Å²) in [6.07, 6.45) is 0.419. The first kappa shape index (κ1) is 13.0. The van der Waals surface area contributed by atoms with Crippen LogP contribution < -0.4 is 5.32 Å². The molecule has 1 unspecified atom stereocenters. The van der Waals surface area contributed by atoms with Crippen molar-refractivity contribution >= 4 is 17.5 Å². The molecule has 2 nitrogen and oxygen atoms in total. The zero-order chi connectivity index (χ0) is 12.1. The Bertz CT molecular complexity index is 376. The molecule has 0 bridgehead atoms. The molecule has 0 aliphatic carbocycles. The molecule has 0 spiro atoms. The van der Waals surface area contributed by atoms with Crippen LogP contribution in [-0.4, -0.2) is 17.8 Å². The van der Waals surface area contributed by atoms with Crippen LogP contribution in [0.15, 0.2) is 18.2 Å². The van der Waals surface area contributed by atoms with Gasteiger partial charge in [0.1, 0.15) is 0 Å². The minimum absolute atomic E-state index is 0.0244. The summed E-state index contributed by atoms with van der Waals surface area (Å²) < 4.78 is 0. The average molecular weight is 240 g/mol. The van der Waals surface area contributed by atoms with Crippen LogP contribution in [0.3, 0.4) is 0 Å². The van der Waals surface area contributed by atoms with Crippen molar-refractivity contribution < 1.29 is 4.79 Å². The number of halogens is 1. The molecule has 16 heavy (non-hydrogen) atoms. The van der Waals surface area contributed by atoms with E-state index in [1.807, 2.05) is 19.1 Å². The van der Waals surface area contributed by atoms with Gasteiger partial charge < -0.3 is 5.32 Å². The molecule has 0 aliphatic rings. The highest BCUT2D eigenvalue weighted by atomic mass is 35.5. The number of amides is 1. The Kier molecular flexibility index (Phi) is 4.81. The minimum atomic E-state index is 0.0244. The fourth-order valence-electron chi connectivity index (χ4n) is 1.46. The summed E-state index contributed by atoms with van der Waals surface area (Å²) >= 11 is 5.63. The molecule has 0 heterocycles. The van der Waals surface area contributed by atoms with Crippen molar-refractivity contribution in [3.05, 3.63) is 34.9 Å². The number of nitrogens with one attached hydrogen (secondary N) is 1. The van der Waals surface area contributed by atoms with Gasteiger partial charge in [0.2, 0.25) is 5.91 Å². The normalized spacial score (nSPS) is 12.2. The number of aryl methyl sites for hydroxylation is 2. The second-order valence-electron chi connectivity index (χ2n) is 4.22.